The Balaban J connectivity index is 2.18. The van der Waals surface area contributed by atoms with Crippen molar-refractivity contribution in [1.82, 2.24) is 10.2 Å². The van der Waals surface area contributed by atoms with Crippen molar-refractivity contribution in [2.45, 2.75) is 46.8 Å². The van der Waals surface area contributed by atoms with Crippen molar-refractivity contribution in [3.8, 4) is 0 Å². The van der Waals surface area contributed by atoms with Crippen LogP contribution in [0.25, 0.3) is 0 Å². The summed E-state index contributed by atoms with van der Waals surface area (Å²) in [5.74, 6) is 0.681. The van der Waals surface area contributed by atoms with Gasteiger partial charge in [-0.2, -0.15) is 0 Å². The van der Waals surface area contributed by atoms with Gasteiger partial charge in [-0.05, 0) is 29.7 Å². The molecular weight excluding hydrogens is 256 g/mol. The molecule has 1 aliphatic rings. The Kier molecular flexibility index (Phi) is 4.02. The molecule has 0 spiro atoms. The normalized spacial score (nSPS) is 25.9. The lowest BCUT2D eigenvalue weighted by atomic mass is 9.82. The zero-order valence-corrected chi connectivity index (χ0v) is 13.3. The summed E-state index contributed by atoms with van der Waals surface area (Å²) < 4.78 is 0. The summed E-state index contributed by atoms with van der Waals surface area (Å²) in [5.41, 5.74) is 0.214. The molecule has 1 fully saturated rings. The summed E-state index contributed by atoms with van der Waals surface area (Å²) in [4.78, 5) is 15.6. The van der Waals surface area contributed by atoms with Crippen molar-refractivity contribution in [2.24, 2.45) is 11.3 Å². The van der Waals surface area contributed by atoms with Gasteiger partial charge in [0.15, 0.2) is 0 Å². The number of rotatable bonds is 3. The van der Waals surface area contributed by atoms with Crippen LogP contribution in [0.2, 0.25) is 0 Å². The Hall–Kier alpha value is -0.870. The van der Waals surface area contributed by atoms with E-state index in [-0.39, 0.29) is 23.5 Å². The number of carbonyl (C=O) groups is 1. The van der Waals surface area contributed by atoms with Gasteiger partial charge in [-0.25, -0.2) is 0 Å². The topological polar surface area (TPSA) is 32.3 Å². The number of hydrogen-bond acceptors (Lipinski definition) is 3. The van der Waals surface area contributed by atoms with Crippen LogP contribution in [0.5, 0.6) is 0 Å². The number of hydrogen-bond donors (Lipinski definition) is 1. The van der Waals surface area contributed by atoms with Crippen LogP contribution in [-0.4, -0.2) is 23.4 Å². The fourth-order valence-electron chi connectivity index (χ4n) is 2.22. The zero-order chi connectivity index (χ0) is 14.2. The number of thiophene rings is 1. The van der Waals surface area contributed by atoms with Gasteiger partial charge in [-0.3, -0.25) is 10.1 Å². The van der Waals surface area contributed by atoms with E-state index in [0.717, 1.165) is 6.54 Å². The van der Waals surface area contributed by atoms with Crippen LogP contribution in [0.3, 0.4) is 0 Å². The van der Waals surface area contributed by atoms with Crippen molar-refractivity contribution >= 4 is 17.2 Å². The van der Waals surface area contributed by atoms with Gasteiger partial charge < -0.3 is 4.90 Å². The van der Waals surface area contributed by atoms with E-state index in [2.05, 4.69) is 44.5 Å². The average Bonchev–Trinajstić information content (AvgIpc) is 2.91. The molecule has 1 aliphatic heterocycles. The third-order valence-electron chi connectivity index (χ3n) is 4.13. The molecule has 0 aliphatic carbocycles. The van der Waals surface area contributed by atoms with Crippen LogP contribution in [0.1, 0.15) is 45.7 Å². The molecule has 0 bridgehead atoms. The second-order valence-electron chi connectivity index (χ2n) is 6.56. The standard InChI is InChI=1S/C15H24N2OS/c1-10(15(3,4)5)9-17-13(12-7-6-8-19-12)16-11(2)14(17)18/h6-8,10-11,13,16H,9H2,1-5H3. The average molecular weight is 280 g/mol. The molecular formula is C15H24N2OS. The lowest BCUT2D eigenvalue weighted by molar-refractivity contribution is -0.130. The van der Waals surface area contributed by atoms with Crippen molar-refractivity contribution in [3.05, 3.63) is 22.4 Å². The fourth-order valence-corrected chi connectivity index (χ4v) is 3.02. The van der Waals surface area contributed by atoms with Crippen LogP contribution in [0, 0.1) is 11.3 Å². The first-order valence-electron chi connectivity index (χ1n) is 6.90. The highest BCUT2D eigenvalue weighted by molar-refractivity contribution is 7.10. The highest BCUT2D eigenvalue weighted by Gasteiger charge is 2.39. The quantitative estimate of drug-likeness (QED) is 0.922. The van der Waals surface area contributed by atoms with Crippen LogP contribution in [-0.2, 0) is 4.79 Å². The summed E-state index contributed by atoms with van der Waals surface area (Å²) in [6.45, 7) is 11.7. The molecule has 1 aromatic rings. The largest absolute Gasteiger partial charge is 0.320 e. The van der Waals surface area contributed by atoms with E-state index >= 15 is 0 Å². The summed E-state index contributed by atoms with van der Waals surface area (Å²) in [6, 6.07) is 4.06. The summed E-state index contributed by atoms with van der Waals surface area (Å²) >= 11 is 1.71. The molecule has 0 radical (unpaired) electrons. The summed E-state index contributed by atoms with van der Waals surface area (Å²) in [7, 11) is 0. The molecule has 1 saturated heterocycles. The zero-order valence-electron chi connectivity index (χ0n) is 12.4. The van der Waals surface area contributed by atoms with E-state index in [1.165, 1.54) is 4.88 Å². The van der Waals surface area contributed by atoms with Gasteiger partial charge in [-0.15, -0.1) is 11.3 Å². The van der Waals surface area contributed by atoms with Crippen molar-refractivity contribution in [3.63, 3.8) is 0 Å². The molecule has 2 heterocycles. The molecule has 2 rings (SSSR count). The van der Waals surface area contributed by atoms with Gasteiger partial charge in [0, 0.05) is 11.4 Å². The van der Waals surface area contributed by atoms with Crippen molar-refractivity contribution in [2.75, 3.05) is 6.54 Å². The minimum Gasteiger partial charge on any atom is -0.320 e. The molecule has 3 atom stereocenters. The molecule has 0 aromatic carbocycles. The van der Waals surface area contributed by atoms with Gasteiger partial charge in [0.05, 0.1) is 6.04 Å². The molecule has 1 aromatic heterocycles. The van der Waals surface area contributed by atoms with Gasteiger partial charge in [0.1, 0.15) is 6.17 Å². The number of carbonyl (C=O) groups excluding carboxylic acids is 1. The summed E-state index contributed by atoms with van der Waals surface area (Å²) in [5, 5.41) is 5.47. The van der Waals surface area contributed by atoms with Crippen LogP contribution >= 0.6 is 11.3 Å². The highest BCUT2D eigenvalue weighted by atomic mass is 32.1. The van der Waals surface area contributed by atoms with Crippen LogP contribution < -0.4 is 5.32 Å². The second-order valence-corrected chi connectivity index (χ2v) is 7.54. The van der Waals surface area contributed by atoms with E-state index in [1.807, 2.05) is 17.9 Å². The Morgan fingerprint density at radius 2 is 2.16 bits per heavy atom. The second kappa shape index (κ2) is 5.25. The maximum atomic E-state index is 12.3. The van der Waals surface area contributed by atoms with Crippen molar-refractivity contribution in [1.29, 1.82) is 0 Å². The Bertz CT molecular complexity index is 435. The molecule has 106 valence electrons. The smallest absolute Gasteiger partial charge is 0.241 e. The summed E-state index contributed by atoms with van der Waals surface area (Å²) in [6.07, 6.45) is 0.0484. The Labute approximate surface area is 120 Å². The third-order valence-corrected chi connectivity index (χ3v) is 5.06. The van der Waals surface area contributed by atoms with Crippen LogP contribution in [0.15, 0.2) is 17.5 Å². The van der Waals surface area contributed by atoms with Gasteiger partial charge >= 0.3 is 0 Å². The lowest BCUT2D eigenvalue weighted by Crippen LogP contribution is -2.37. The third kappa shape index (κ3) is 3.00. The van der Waals surface area contributed by atoms with E-state index < -0.39 is 0 Å². The minimum atomic E-state index is -0.0840. The van der Waals surface area contributed by atoms with E-state index in [1.54, 1.807) is 11.3 Å². The first-order chi connectivity index (χ1) is 8.80. The molecule has 3 unspecified atom stereocenters. The van der Waals surface area contributed by atoms with Gasteiger partial charge in [0.2, 0.25) is 5.91 Å². The predicted octanol–water partition coefficient (Wildman–Crippen LogP) is 3.25. The molecule has 19 heavy (non-hydrogen) atoms. The van der Waals surface area contributed by atoms with Crippen molar-refractivity contribution < 1.29 is 4.79 Å². The predicted molar refractivity (Wildman–Crippen MR) is 80.0 cm³/mol. The van der Waals surface area contributed by atoms with E-state index in [4.69, 9.17) is 0 Å². The minimum absolute atomic E-state index is 0.0484. The first kappa shape index (κ1) is 14.5. The van der Waals surface area contributed by atoms with Gasteiger partial charge in [-0.1, -0.05) is 33.8 Å². The molecule has 0 saturated carbocycles. The maximum absolute atomic E-state index is 12.3. The maximum Gasteiger partial charge on any atom is 0.241 e. The fraction of sp³-hybridized carbons (Fsp3) is 0.667. The number of nitrogens with zero attached hydrogens (tertiary/aromatic N) is 1. The molecule has 1 N–H and O–H groups in total. The van der Waals surface area contributed by atoms with E-state index in [9.17, 15) is 4.79 Å². The van der Waals surface area contributed by atoms with Crippen LogP contribution in [0.4, 0.5) is 0 Å². The number of nitrogens with one attached hydrogen (secondary N) is 1. The lowest BCUT2D eigenvalue weighted by Gasteiger charge is -2.33. The highest BCUT2D eigenvalue weighted by Crippen LogP contribution is 2.33. The molecule has 3 nitrogen and oxygen atoms in total. The molecule has 4 heteroatoms. The Morgan fingerprint density at radius 3 is 2.68 bits per heavy atom. The Morgan fingerprint density at radius 1 is 1.47 bits per heavy atom. The monoisotopic (exact) mass is 280 g/mol. The number of amides is 1. The van der Waals surface area contributed by atoms with E-state index in [0.29, 0.717) is 5.92 Å². The first-order valence-corrected chi connectivity index (χ1v) is 7.78. The van der Waals surface area contributed by atoms with Gasteiger partial charge in [0.25, 0.3) is 0 Å². The molecule has 1 amide bonds. The SMILES string of the molecule is CC1NC(c2cccs2)N(CC(C)C(C)(C)C)C1=O.